The summed E-state index contributed by atoms with van der Waals surface area (Å²) in [6.45, 7) is 3.28. The molecule has 0 radical (unpaired) electrons. The third-order valence-corrected chi connectivity index (χ3v) is 5.76. The van der Waals surface area contributed by atoms with E-state index in [4.69, 9.17) is 13.9 Å². The summed E-state index contributed by atoms with van der Waals surface area (Å²) in [5.74, 6) is 1.40. The van der Waals surface area contributed by atoms with E-state index in [-0.39, 0.29) is 30.8 Å². The van der Waals surface area contributed by atoms with Crippen LogP contribution in [-0.4, -0.2) is 30.1 Å². The molecule has 172 valence electrons. The first-order chi connectivity index (χ1) is 16.6. The smallest absolute Gasteiger partial charge is 0.291 e. The number of likely N-dealkylation sites (N-methyl/N-ethyl adjacent to an activating group) is 1. The Morgan fingerprint density at radius 3 is 2.47 bits per heavy atom. The molecule has 0 unspecified atom stereocenters. The zero-order valence-electron chi connectivity index (χ0n) is 18.7. The Morgan fingerprint density at radius 2 is 1.68 bits per heavy atom. The van der Waals surface area contributed by atoms with Crippen molar-refractivity contribution in [1.82, 2.24) is 4.90 Å². The molecule has 1 aromatic heterocycles. The maximum Gasteiger partial charge on any atom is 0.291 e. The van der Waals surface area contributed by atoms with Crippen LogP contribution in [0, 0.1) is 0 Å². The van der Waals surface area contributed by atoms with E-state index in [0.29, 0.717) is 30.1 Å². The van der Waals surface area contributed by atoms with Crippen molar-refractivity contribution in [3.8, 4) is 11.5 Å². The molecule has 2 amide bonds. The van der Waals surface area contributed by atoms with Crippen LogP contribution >= 0.6 is 0 Å². The molecule has 3 aromatic carbocycles. The average molecular weight is 456 g/mol. The van der Waals surface area contributed by atoms with Crippen LogP contribution in [0.15, 0.2) is 77.2 Å². The number of para-hydroxylation sites is 1. The number of amides is 2. The normalized spacial score (nSPS) is 12.0. The molecular weight excluding hydrogens is 432 g/mol. The van der Waals surface area contributed by atoms with E-state index in [0.717, 1.165) is 22.3 Å². The van der Waals surface area contributed by atoms with Crippen LogP contribution in [0.4, 0.5) is 5.69 Å². The summed E-state index contributed by atoms with van der Waals surface area (Å²) in [6, 6.07) is 22.2. The van der Waals surface area contributed by atoms with Gasteiger partial charge in [-0.1, -0.05) is 36.4 Å². The number of hydrogen-bond donors (Lipinski definition) is 1. The van der Waals surface area contributed by atoms with Crippen molar-refractivity contribution in [2.75, 3.05) is 18.7 Å². The third-order valence-electron chi connectivity index (χ3n) is 5.76. The fraction of sp³-hybridized carbons (Fsp3) is 0.185. The van der Waals surface area contributed by atoms with Crippen LogP contribution < -0.4 is 14.8 Å². The van der Waals surface area contributed by atoms with E-state index >= 15 is 0 Å². The quantitative estimate of drug-likeness (QED) is 0.423. The molecule has 0 saturated heterocycles. The number of rotatable bonds is 7. The van der Waals surface area contributed by atoms with E-state index < -0.39 is 0 Å². The molecule has 7 nitrogen and oxygen atoms in total. The van der Waals surface area contributed by atoms with Gasteiger partial charge in [-0.25, -0.2) is 0 Å². The number of fused-ring (bicyclic) bond motifs is 2. The monoisotopic (exact) mass is 456 g/mol. The van der Waals surface area contributed by atoms with Crippen molar-refractivity contribution in [2.45, 2.75) is 19.9 Å². The van der Waals surface area contributed by atoms with E-state index in [2.05, 4.69) is 5.32 Å². The second kappa shape index (κ2) is 9.31. The summed E-state index contributed by atoms with van der Waals surface area (Å²) in [5.41, 5.74) is 3.16. The highest BCUT2D eigenvalue weighted by Gasteiger charge is 2.17. The minimum absolute atomic E-state index is 0.0271. The highest BCUT2D eigenvalue weighted by atomic mass is 16.7. The Balaban J connectivity index is 1.19. The number of hydrogen-bond acceptors (Lipinski definition) is 5. The van der Waals surface area contributed by atoms with Gasteiger partial charge in [0.15, 0.2) is 17.3 Å². The second-order valence-corrected chi connectivity index (χ2v) is 8.07. The molecule has 7 heteroatoms. The molecule has 2 heterocycles. The summed E-state index contributed by atoms with van der Waals surface area (Å²) in [4.78, 5) is 27.2. The molecular formula is C27H24N2O5. The standard InChI is InChI=1S/C27H24N2O5/c1-2-29(16-19-9-12-23-24(13-19)33-17-32-23)26(30)14-18-7-10-21(11-8-18)28-27(31)25-15-20-5-3-4-6-22(20)34-25/h3-13,15H,2,14,16-17H2,1H3,(H,28,31). The second-order valence-electron chi connectivity index (χ2n) is 8.07. The van der Waals surface area contributed by atoms with Crippen LogP contribution in [0.5, 0.6) is 11.5 Å². The van der Waals surface area contributed by atoms with Crippen LogP contribution in [0.2, 0.25) is 0 Å². The van der Waals surface area contributed by atoms with E-state index in [1.165, 1.54) is 0 Å². The predicted molar refractivity (Wildman–Crippen MR) is 128 cm³/mol. The lowest BCUT2D eigenvalue weighted by Crippen LogP contribution is -2.31. The molecule has 5 rings (SSSR count). The summed E-state index contributed by atoms with van der Waals surface area (Å²) in [7, 11) is 0. The number of anilines is 1. The first-order valence-electron chi connectivity index (χ1n) is 11.1. The Morgan fingerprint density at radius 1 is 0.912 bits per heavy atom. The fourth-order valence-electron chi connectivity index (χ4n) is 3.91. The van der Waals surface area contributed by atoms with Crippen LogP contribution in [0.1, 0.15) is 28.6 Å². The Bertz CT molecular complexity index is 1310. The lowest BCUT2D eigenvalue weighted by molar-refractivity contribution is -0.130. The van der Waals surface area contributed by atoms with E-state index in [1.54, 1.807) is 23.1 Å². The van der Waals surface area contributed by atoms with Gasteiger partial charge in [0.25, 0.3) is 5.91 Å². The summed E-state index contributed by atoms with van der Waals surface area (Å²) in [6.07, 6.45) is 0.274. The number of benzene rings is 3. The molecule has 0 saturated carbocycles. The van der Waals surface area contributed by atoms with Gasteiger partial charge in [-0.05, 0) is 54.4 Å². The zero-order valence-corrected chi connectivity index (χ0v) is 18.7. The predicted octanol–water partition coefficient (Wildman–Crippen LogP) is 5.01. The van der Waals surface area contributed by atoms with Crippen LogP contribution in [0.3, 0.4) is 0 Å². The van der Waals surface area contributed by atoms with Gasteiger partial charge in [0.05, 0.1) is 6.42 Å². The third kappa shape index (κ3) is 4.59. The van der Waals surface area contributed by atoms with Crippen molar-refractivity contribution in [3.05, 3.63) is 89.7 Å². The number of carbonyl (C=O) groups excluding carboxylic acids is 2. The largest absolute Gasteiger partial charge is 0.454 e. The molecule has 0 spiro atoms. The van der Waals surface area contributed by atoms with Gasteiger partial charge in [-0.15, -0.1) is 0 Å². The van der Waals surface area contributed by atoms with E-state index in [9.17, 15) is 9.59 Å². The van der Waals surface area contributed by atoms with Crippen LogP contribution in [-0.2, 0) is 17.8 Å². The highest BCUT2D eigenvalue weighted by molar-refractivity contribution is 6.04. The first-order valence-corrected chi connectivity index (χ1v) is 11.1. The Hall–Kier alpha value is -4.26. The molecule has 1 N–H and O–H groups in total. The number of ether oxygens (including phenoxy) is 2. The maximum absolute atomic E-state index is 12.9. The van der Waals surface area contributed by atoms with Crippen LogP contribution in [0.25, 0.3) is 11.0 Å². The number of carbonyl (C=O) groups is 2. The van der Waals surface area contributed by atoms with E-state index in [1.807, 2.05) is 61.5 Å². The molecule has 0 aliphatic carbocycles. The number of furan rings is 1. The van der Waals surface area contributed by atoms with Gasteiger partial charge >= 0.3 is 0 Å². The fourth-order valence-corrected chi connectivity index (χ4v) is 3.91. The molecule has 34 heavy (non-hydrogen) atoms. The van der Waals surface area contributed by atoms with Gasteiger partial charge < -0.3 is 24.1 Å². The van der Waals surface area contributed by atoms with Gasteiger partial charge in [0, 0.05) is 24.2 Å². The molecule has 0 bridgehead atoms. The van der Waals surface area contributed by atoms with Gasteiger partial charge in [0.2, 0.25) is 12.7 Å². The average Bonchev–Trinajstić information content (AvgIpc) is 3.50. The molecule has 0 fully saturated rings. The summed E-state index contributed by atoms with van der Waals surface area (Å²) < 4.78 is 16.4. The van der Waals surface area contributed by atoms with Gasteiger partial charge in [0.1, 0.15) is 5.58 Å². The van der Waals surface area contributed by atoms with Crippen molar-refractivity contribution in [2.24, 2.45) is 0 Å². The Kier molecular flexibility index (Phi) is 5.91. The van der Waals surface area contributed by atoms with Crippen molar-refractivity contribution in [1.29, 1.82) is 0 Å². The topological polar surface area (TPSA) is 81.0 Å². The molecule has 4 aromatic rings. The minimum atomic E-state index is -0.319. The lowest BCUT2D eigenvalue weighted by Gasteiger charge is -2.21. The maximum atomic E-state index is 12.9. The summed E-state index contributed by atoms with van der Waals surface area (Å²) in [5, 5.41) is 3.71. The SMILES string of the molecule is CCN(Cc1ccc2c(c1)OCO2)C(=O)Cc1ccc(NC(=O)c2cc3ccccc3o2)cc1. The molecule has 1 aliphatic rings. The number of nitrogens with zero attached hydrogens (tertiary/aromatic N) is 1. The van der Waals surface area contributed by atoms with Crippen molar-refractivity contribution in [3.63, 3.8) is 0 Å². The Labute approximate surface area is 196 Å². The zero-order chi connectivity index (χ0) is 23.5. The van der Waals surface area contributed by atoms with Crippen molar-refractivity contribution < 1.29 is 23.5 Å². The van der Waals surface area contributed by atoms with Gasteiger partial charge in [-0.3, -0.25) is 9.59 Å². The molecule has 1 aliphatic heterocycles. The summed E-state index contributed by atoms with van der Waals surface area (Å²) >= 11 is 0. The minimum Gasteiger partial charge on any atom is -0.454 e. The highest BCUT2D eigenvalue weighted by Crippen LogP contribution is 2.32. The first kappa shape index (κ1) is 21.6. The van der Waals surface area contributed by atoms with Crippen molar-refractivity contribution >= 4 is 28.5 Å². The van der Waals surface area contributed by atoms with Gasteiger partial charge in [-0.2, -0.15) is 0 Å². The number of nitrogens with one attached hydrogen (secondary N) is 1. The molecule has 0 atom stereocenters. The lowest BCUT2D eigenvalue weighted by atomic mass is 10.1.